The van der Waals surface area contributed by atoms with Crippen LogP contribution in [-0.2, 0) is 18.4 Å². The molecule has 2 rings (SSSR count). The fraction of sp³-hybridized carbons (Fsp3) is 0.182. The van der Waals surface area contributed by atoms with Gasteiger partial charge < -0.3 is 10.5 Å². The fourth-order valence-electron chi connectivity index (χ4n) is 1.38. The Labute approximate surface area is 102 Å². The van der Waals surface area contributed by atoms with E-state index < -0.39 is 11.8 Å². The third-order valence-corrected chi connectivity index (χ3v) is 2.37. The first-order chi connectivity index (χ1) is 8.58. The molecule has 6 nitrogen and oxygen atoms in total. The van der Waals surface area contributed by atoms with E-state index in [0.29, 0.717) is 5.82 Å². The molecule has 0 atom stereocenters. The zero-order valence-corrected chi connectivity index (χ0v) is 9.63. The molecule has 2 N–H and O–H groups in total. The van der Waals surface area contributed by atoms with Gasteiger partial charge >= 0.3 is 5.97 Å². The van der Waals surface area contributed by atoms with Crippen LogP contribution in [0.4, 0.5) is 10.1 Å². The Morgan fingerprint density at radius 1 is 1.56 bits per heavy atom. The third-order valence-electron chi connectivity index (χ3n) is 2.37. The molecule has 0 fully saturated rings. The van der Waals surface area contributed by atoms with Gasteiger partial charge in [-0.2, -0.15) is 5.10 Å². The summed E-state index contributed by atoms with van der Waals surface area (Å²) in [5.41, 5.74) is 5.69. The average molecular weight is 250 g/mol. The molecular formula is C11H11FN4O2. The maximum atomic E-state index is 12.8. The second kappa shape index (κ2) is 4.82. The number of nitrogen functional groups attached to an aromatic ring is 1. The molecule has 7 heteroatoms. The number of esters is 1. The van der Waals surface area contributed by atoms with E-state index in [1.54, 1.807) is 7.05 Å². The maximum Gasteiger partial charge on any atom is 0.340 e. The minimum Gasteiger partial charge on any atom is -0.454 e. The van der Waals surface area contributed by atoms with Gasteiger partial charge in [0, 0.05) is 12.7 Å². The number of ether oxygens (including phenoxy) is 1. The maximum absolute atomic E-state index is 12.8. The van der Waals surface area contributed by atoms with Gasteiger partial charge in [0.2, 0.25) is 0 Å². The highest BCUT2D eigenvalue weighted by Crippen LogP contribution is 2.15. The monoisotopic (exact) mass is 250 g/mol. The van der Waals surface area contributed by atoms with Crippen molar-refractivity contribution in [1.82, 2.24) is 14.8 Å². The highest BCUT2D eigenvalue weighted by molar-refractivity contribution is 5.94. The van der Waals surface area contributed by atoms with Crippen molar-refractivity contribution in [1.29, 1.82) is 0 Å². The molecule has 2 aromatic rings. The molecule has 18 heavy (non-hydrogen) atoms. The lowest BCUT2D eigenvalue weighted by atomic mass is 10.2. The van der Waals surface area contributed by atoms with Crippen LogP contribution in [0, 0.1) is 5.82 Å². The highest BCUT2D eigenvalue weighted by atomic mass is 19.1. The van der Waals surface area contributed by atoms with E-state index in [4.69, 9.17) is 10.5 Å². The van der Waals surface area contributed by atoms with Crippen molar-refractivity contribution in [3.05, 3.63) is 41.7 Å². The third kappa shape index (κ3) is 2.45. The van der Waals surface area contributed by atoms with Gasteiger partial charge in [-0.3, -0.25) is 4.68 Å². The molecule has 0 aliphatic rings. The van der Waals surface area contributed by atoms with Crippen molar-refractivity contribution in [2.24, 2.45) is 7.05 Å². The van der Waals surface area contributed by atoms with Crippen LogP contribution in [0.2, 0.25) is 0 Å². The fourth-order valence-corrected chi connectivity index (χ4v) is 1.38. The minimum absolute atomic E-state index is 0.0217. The number of aryl methyl sites for hydroxylation is 1. The van der Waals surface area contributed by atoms with Gasteiger partial charge in [0.1, 0.15) is 12.1 Å². The lowest BCUT2D eigenvalue weighted by Crippen LogP contribution is -2.11. The molecule has 1 heterocycles. The molecule has 0 bridgehead atoms. The summed E-state index contributed by atoms with van der Waals surface area (Å²) in [6.45, 7) is -0.0217. The minimum atomic E-state index is -0.629. The Morgan fingerprint density at radius 2 is 2.33 bits per heavy atom. The van der Waals surface area contributed by atoms with E-state index in [-0.39, 0.29) is 17.9 Å². The lowest BCUT2D eigenvalue weighted by Gasteiger charge is -2.06. The molecule has 0 saturated carbocycles. The van der Waals surface area contributed by atoms with Crippen LogP contribution in [-0.4, -0.2) is 20.7 Å². The predicted octanol–water partition coefficient (Wildman–Crippen LogP) is 0.893. The van der Waals surface area contributed by atoms with E-state index in [1.807, 2.05) is 0 Å². The van der Waals surface area contributed by atoms with Crippen LogP contribution in [0.5, 0.6) is 0 Å². The number of aromatic nitrogens is 3. The SMILES string of the molecule is Cn1ncnc1COC(=O)c1ccc(F)cc1N. The standard InChI is InChI=1S/C11H11FN4O2/c1-16-10(14-6-15-16)5-18-11(17)8-3-2-7(12)4-9(8)13/h2-4,6H,5,13H2,1H3. The molecule has 1 aromatic carbocycles. The number of anilines is 1. The molecule has 0 aliphatic heterocycles. The molecular weight excluding hydrogens is 239 g/mol. The number of nitrogens with two attached hydrogens (primary N) is 1. The van der Waals surface area contributed by atoms with E-state index in [2.05, 4.69) is 10.1 Å². The Bertz CT molecular complexity index is 582. The summed E-state index contributed by atoms with van der Waals surface area (Å²) in [6, 6.07) is 3.50. The molecule has 94 valence electrons. The van der Waals surface area contributed by atoms with Gasteiger partial charge in [-0.05, 0) is 18.2 Å². The first kappa shape index (κ1) is 12.0. The summed E-state index contributed by atoms with van der Waals surface area (Å²) in [5.74, 6) is -0.628. The van der Waals surface area contributed by atoms with Gasteiger partial charge in [-0.1, -0.05) is 0 Å². The first-order valence-corrected chi connectivity index (χ1v) is 5.13. The summed E-state index contributed by atoms with van der Waals surface area (Å²) in [6.07, 6.45) is 1.36. The summed E-state index contributed by atoms with van der Waals surface area (Å²) in [4.78, 5) is 15.6. The van der Waals surface area contributed by atoms with Gasteiger partial charge in [-0.15, -0.1) is 0 Å². The zero-order chi connectivity index (χ0) is 13.1. The summed E-state index contributed by atoms with van der Waals surface area (Å²) in [5, 5.41) is 3.84. The smallest absolute Gasteiger partial charge is 0.340 e. The number of hydrogen-bond acceptors (Lipinski definition) is 5. The highest BCUT2D eigenvalue weighted by Gasteiger charge is 2.13. The first-order valence-electron chi connectivity index (χ1n) is 5.13. The van der Waals surface area contributed by atoms with E-state index >= 15 is 0 Å². The summed E-state index contributed by atoms with van der Waals surface area (Å²) < 4.78 is 19.3. The van der Waals surface area contributed by atoms with Crippen LogP contribution in [0.25, 0.3) is 0 Å². The van der Waals surface area contributed by atoms with Gasteiger partial charge in [0.25, 0.3) is 0 Å². The molecule has 0 unspecified atom stereocenters. The van der Waals surface area contributed by atoms with Crippen LogP contribution in [0.1, 0.15) is 16.2 Å². The van der Waals surface area contributed by atoms with Crippen molar-refractivity contribution in [2.45, 2.75) is 6.61 Å². The number of carbonyl (C=O) groups excluding carboxylic acids is 1. The zero-order valence-electron chi connectivity index (χ0n) is 9.63. The molecule has 1 aromatic heterocycles. The Morgan fingerprint density at radius 3 is 2.94 bits per heavy atom. The van der Waals surface area contributed by atoms with Gasteiger partial charge in [0.05, 0.1) is 5.56 Å². The summed E-state index contributed by atoms with van der Waals surface area (Å²) >= 11 is 0. The number of carbonyl (C=O) groups is 1. The molecule has 0 spiro atoms. The molecule has 0 saturated heterocycles. The topological polar surface area (TPSA) is 83.0 Å². The second-order valence-electron chi connectivity index (χ2n) is 3.61. The van der Waals surface area contributed by atoms with Crippen molar-refractivity contribution < 1.29 is 13.9 Å². The normalized spacial score (nSPS) is 10.3. The Balaban J connectivity index is 2.06. The Hall–Kier alpha value is -2.44. The lowest BCUT2D eigenvalue weighted by molar-refractivity contribution is 0.0459. The van der Waals surface area contributed by atoms with Crippen LogP contribution >= 0.6 is 0 Å². The second-order valence-corrected chi connectivity index (χ2v) is 3.61. The number of hydrogen-bond donors (Lipinski definition) is 1. The van der Waals surface area contributed by atoms with Gasteiger partial charge in [0.15, 0.2) is 12.4 Å². The van der Waals surface area contributed by atoms with Crippen LogP contribution in [0.15, 0.2) is 24.5 Å². The van der Waals surface area contributed by atoms with Crippen molar-refractivity contribution in [2.75, 3.05) is 5.73 Å². The number of halogens is 1. The summed E-state index contributed by atoms with van der Waals surface area (Å²) in [7, 11) is 1.68. The number of rotatable bonds is 3. The molecule has 0 amide bonds. The number of benzene rings is 1. The Kier molecular flexibility index (Phi) is 3.22. The van der Waals surface area contributed by atoms with Crippen LogP contribution < -0.4 is 5.73 Å². The van der Waals surface area contributed by atoms with E-state index in [0.717, 1.165) is 12.1 Å². The average Bonchev–Trinajstić information content (AvgIpc) is 2.72. The van der Waals surface area contributed by atoms with Gasteiger partial charge in [-0.25, -0.2) is 14.2 Å². The van der Waals surface area contributed by atoms with Crippen molar-refractivity contribution in [3.63, 3.8) is 0 Å². The van der Waals surface area contributed by atoms with E-state index in [1.165, 1.54) is 17.1 Å². The van der Waals surface area contributed by atoms with Crippen molar-refractivity contribution in [3.8, 4) is 0 Å². The number of nitrogens with zero attached hydrogens (tertiary/aromatic N) is 3. The molecule has 0 aliphatic carbocycles. The molecule has 0 radical (unpaired) electrons. The predicted molar refractivity (Wildman–Crippen MR) is 60.9 cm³/mol. The van der Waals surface area contributed by atoms with Crippen LogP contribution in [0.3, 0.4) is 0 Å². The van der Waals surface area contributed by atoms with E-state index in [9.17, 15) is 9.18 Å². The van der Waals surface area contributed by atoms with Crippen molar-refractivity contribution >= 4 is 11.7 Å². The largest absolute Gasteiger partial charge is 0.454 e. The quantitative estimate of drug-likeness (QED) is 0.646.